The first-order valence-corrected chi connectivity index (χ1v) is 24.9. The van der Waals surface area contributed by atoms with Crippen molar-refractivity contribution in [3.63, 3.8) is 0 Å². The summed E-state index contributed by atoms with van der Waals surface area (Å²) in [6.45, 7) is 15.5. The van der Waals surface area contributed by atoms with E-state index in [-0.39, 0.29) is 40.4 Å². The van der Waals surface area contributed by atoms with Gasteiger partial charge in [-0.15, -0.1) is 0 Å². The van der Waals surface area contributed by atoms with Crippen molar-refractivity contribution in [3.05, 3.63) is 130 Å². The van der Waals surface area contributed by atoms with E-state index in [1.165, 1.54) is 0 Å². The number of ether oxygens (including phenoxy) is 2. The lowest BCUT2D eigenvalue weighted by Gasteiger charge is -2.36. The molecule has 0 bridgehead atoms. The molecule has 0 spiro atoms. The highest BCUT2D eigenvalue weighted by atomic mass is 16.6. The van der Waals surface area contributed by atoms with Crippen LogP contribution in [0.4, 0.5) is 21.2 Å². The maximum absolute atomic E-state index is 12.9. The number of aromatic nitrogens is 6. The number of carbonyl (C=O) groups is 6. The number of hydrogen-bond donors (Lipinski definition) is 6. The molecule has 2 aliphatic rings. The number of benzene rings is 2. The Morgan fingerprint density at radius 1 is 0.579 bits per heavy atom. The molecule has 5 amide bonds. The Labute approximate surface area is 439 Å². The van der Waals surface area contributed by atoms with Gasteiger partial charge in [-0.05, 0) is 141 Å². The van der Waals surface area contributed by atoms with Gasteiger partial charge in [-0.1, -0.05) is 36.4 Å². The Kier molecular flexibility index (Phi) is 16.4. The molecular weight excluding hydrogens is 975 g/mol. The van der Waals surface area contributed by atoms with Crippen LogP contribution in [0.15, 0.2) is 85.2 Å². The van der Waals surface area contributed by atoms with E-state index in [1.807, 2.05) is 26.0 Å². The van der Waals surface area contributed by atoms with E-state index >= 15 is 0 Å². The van der Waals surface area contributed by atoms with E-state index in [0.29, 0.717) is 65.6 Å². The molecule has 2 saturated heterocycles. The van der Waals surface area contributed by atoms with Gasteiger partial charge in [0.05, 0.1) is 12.1 Å². The van der Waals surface area contributed by atoms with Crippen LogP contribution < -0.4 is 28.1 Å². The molecule has 22 nitrogen and oxygen atoms in total. The van der Waals surface area contributed by atoms with Crippen LogP contribution >= 0.6 is 0 Å². The number of amides is 5. The summed E-state index contributed by atoms with van der Waals surface area (Å²) < 4.78 is 13.4. The number of anilines is 2. The molecule has 2 atom stereocenters. The van der Waals surface area contributed by atoms with Crippen molar-refractivity contribution < 1.29 is 43.3 Å². The van der Waals surface area contributed by atoms with E-state index in [0.717, 1.165) is 46.2 Å². The van der Waals surface area contributed by atoms with Gasteiger partial charge in [0.1, 0.15) is 34.2 Å². The van der Waals surface area contributed by atoms with Crippen molar-refractivity contribution in [2.45, 2.75) is 117 Å². The number of carboxylic acids is 1. The van der Waals surface area contributed by atoms with Crippen molar-refractivity contribution in [1.82, 2.24) is 39.1 Å². The van der Waals surface area contributed by atoms with Gasteiger partial charge in [-0.25, -0.2) is 43.7 Å². The number of aromatic carboxylic acids is 1. The summed E-state index contributed by atoms with van der Waals surface area (Å²) in [5, 5.41) is 15.4. The van der Waals surface area contributed by atoms with Crippen LogP contribution in [0.5, 0.6) is 0 Å². The van der Waals surface area contributed by atoms with E-state index in [4.69, 9.17) is 26.9 Å². The van der Waals surface area contributed by atoms with Crippen molar-refractivity contribution >= 4 is 47.5 Å². The topological polar surface area (TPSA) is 311 Å². The predicted octanol–water partition coefficient (Wildman–Crippen LogP) is 8.16. The summed E-state index contributed by atoms with van der Waals surface area (Å²) in [4.78, 5) is 96.6. The molecule has 6 aromatic rings. The Hall–Kier alpha value is -8.82. The number of nitrogens with zero attached hydrogens (tertiary/aromatic N) is 8. The minimum absolute atomic E-state index is 0.00997. The average Bonchev–Trinajstić information content (AvgIpc) is 3.91. The zero-order chi connectivity index (χ0) is 55.2. The Bertz CT molecular complexity index is 2890. The third-order valence-corrected chi connectivity index (χ3v) is 12.3. The quantitative estimate of drug-likeness (QED) is 0.0705. The third kappa shape index (κ3) is 13.1. The lowest BCUT2D eigenvalue weighted by molar-refractivity contribution is 0.00723. The van der Waals surface area contributed by atoms with Crippen molar-refractivity contribution in [3.8, 4) is 22.5 Å². The molecule has 8 rings (SSSR count). The van der Waals surface area contributed by atoms with Crippen molar-refractivity contribution in [2.75, 3.05) is 35.4 Å². The molecule has 2 aliphatic heterocycles. The van der Waals surface area contributed by atoms with E-state index in [2.05, 4.69) is 30.6 Å². The number of hydrogen-bond acceptors (Lipinski definition) is 14. The van der Waals surface area contributed by atoms with E-state index in [9.17, 15) is 33.9 Å². The number of carbonyl (C=O) groups excluding carboxylic acids is 5. The first kappa shape index (κ1) is 54.9. The number of piperidine rings is 2. The number of likely N-dealkylation sites (tertiary alicyclic amines) is 2. The number of pyridine rings is 2. The van der Waals surface area contributed by atoms with Crippen LogP contribution in [-0.4, -0.2) is 104 Å². The minimum Gasteiger partial charge on any atom is -0.476 e. The molecule has 22 heteroatoms. The van der Waals surface area contributed by atoms with E-state index < -0.39 is 47.3 Å². The van der Waals surface area contributed by atoms with Gasteiger partial charge in [0, 0.05) is 47.7 Å². The molecule has 4 aromatic heterocycles. The molecule has 6 heterocycles. The van der Waals surface area contributed by atoms with Crippen LogP contribution in [0.1, 0.15) is 157 Å². The summed E-state index contributed by atoms with van der Waals surface area (Å²) >= 11 is 0. The molecule has 9 N–H and O–H groups in total. The number of aryl methyl sites for hydroxylation is 2. The summed E-state index contributed by atoms with van der Waals surface area (Å²) in [6.07, 6.45) is 6.83. The second kappa shape index (κ2) is 22.7. The first-order chi connectivity index (χ1) is 35.9. The van der Waals surface area contributed by atoms with Crippen LogP contribution in [0.2, 0.25) is 0 Å². The summed E-state index contributed by atoms with van der Waals surface area (Å²) in [5.74, 6) is 11.4. The lowest BCUT2D eigenvalue weighted by atomic mass is 10.0. The summed E-state index contributed by atoms with van der Waals surface area (Å²) in [5.41, 5.74) is 8.31. The number of nitrogens with one attached hydrogen (secondary N) is 2. The fourth-order valence-corrected chi connectivity index (χ4v) is 8.71. The van der Waals surface area contributed by atoms with Crippen molar-refractivity contribution in [1.29, 1.82) is 0 Å². The van der Waals surface area contributed by atoms with Crippen LogP contribution in [-0.2, 0) is 9.47 Å². The van der Waals surface area contributed by atoms with Gasteiger partial charge in [-0.2, -0.15) is 0 Å². The van der Waals surface area contributed by atoms with Gasteiger partial charge in [0.15, 0.2) is 23.0 Å². The van der Waals surface area contributed by atoms with Crippen LogP contribution in [0, 0.1) is 13.8 Å². The Morgan fingerprint density at radius 3 is 1.30 bits per heavy atom. The monoisotopic (exact) mass is 1040 g/mol. The smallest absolute Gasteiger partial charge is 0.410 e. The number of nitrogens with two attached hydrogens (primary N) is 3. The number of imidazole rings is 2. The highest BCUT2D eigenvalue weighted by molar-refractivity contribution is 6.05. The van der Waals surface area contributed by atoms with Gasteiger partial charge in [0.25, 0.3) is 17.7 Å². The second-order valence-corrected chi connectivity index (χ2v) is 20.6. The molecule has 400 valence electrons. The number of carboxylic acid groups (broad SMARTS) is 1. The molecular formula is C54H65N13O9. The molecule has 2 aromatic carbocycles. The first-order valence-electron chi connectivity index (χ1n) is 24.9. The largest absolute Gasteiger partial charge is 0.476 e. The maximum atomic E-state index is 12.9. The maximum Gasteiger partial charge on any atom is 0.410 e. The average molecular weight is 1040 g/mol. The SMILES string of the molecule is Cc1ccc(NC(=O)c2ccc(-c3nc([C@@H]4CCCCN4C(=O)OC(C)(C)C)n(N)c3C(=O)O)cc2)nc1.Cc1ccc(NC(=O)c2ccc(-c3nc([C@@H]4CCCCN4C(=O)OC(C)(C)C)n(N)c3C(N)=O)cc2)nc1. The fourth-order valence-electron chi connectivity index (χ4n) is 8.71. The standard InChI is InChI=1S/C27H33N7O4.C27H32N6O5/c1-16-8-13-20(30-15-16)31-25(36)18-11-9-17(10-12-18)21-22(23(28)35)34(29)24(32-21)19-7-5-6-14-33(19)26(37)38-27(2,3)4;1-16-8-13-20(29-15-16)30-24(34)18-11-9-17(10-12-18)21-22(25(35)36)33(28)23(31-21)19-7-5-6-14-32(19)26(37)38-27(2,3)4/h8-13,15,19H,5-7,14,29H2,1-4H3,(H2,28,35)(H,30,31,36);8-13,15,19H,5-7,14,28H2,1-4H3,(H,35,36)(H,29,30,34)/t2*19-/m00/s1. The van der Waals surface area contributed by atoms with Crippen LogP contribution in [0.25, 0.3) is 22.5 Å². The van der Waals surface area contributed by atoms with Gasteiger partial charge >= 0.3 is 18.2 Å². The zero-order valence-corrected chi connectivity index (χ0v) is 43.9. The highest BCUT2D eigenvalue weighted by Gasteiger charge is 2.38. The second-order valence-electron chi connectivity index (χ2n) is 20.6. The van der Waals surface area contributed by atoms with Gasteiger partial charge < -0.3 is 42.6 Å². The van der Waals surface area contributed by atoms with Crippen molar-refractivity contribution in [2.24, 2.45) is 5.73 Å². The molecule has 0 unspecified atom stereocenters. The minimum atomic E-state index is -1.26. The zero-order valence-electron chi connectivity index (χ0n) is 43.9. The molecule has 76 heavy (non-hydrogen) atoms. The normalized spacial score (nSPS) is 15.7. The lowest BCUT2D eigenvalue weighted by Crippen LogP contribution is -2.43. The Balaban J connectivity index is 0.000000221. The predicted molar refractivity (Wildman–Crippen MR) is 284 cm³/mol. The number of nitrogen functional groups attached to an aromatic ring is 2. The third-order valence-electron chi connectivity index (χ3n) is 12.3. The number of rotatable bonds is 10. The summed E-state index contributed by atoms with van der Waals surface area (Å²) in [7, 11) is 0. The van der Waals surface area contributed by atoms with Gasteiger partial charge in [0.2, 0.25) is 0 Å². The molecule has 0 saturated carbocycles. The molecule has 0 aliphatic carbocycles. The van der Waals surface area contributed by atoms with E-state index in [1.54, 1.807) is 124 Å². The molecule has 0 radical (unpaired) electrons. The summed E-state index contributed by atoms with van der Waals surface area (Å²) in [6, 6.07) is 19.1. The van der Waals surface area contributed by atoms with Crippen LogP contribution in [0.3, 0.4) is 0 Å². The molecule has 2 fully saturated rings. The highest BCUT2D eigenvalue weighted by Crippen LogP contribution is 2.36. The Morgan fingerprint density at radius 2 is 0.961 bits per heavy atom. The number of primary amides is 1. The fraction of sp³-hybridized carbons (Fsp3) is 0.370. The van der Waals surface area contributed by atoms with Gasteiger partial charge in [-0.3, -0.25) is 24.2 Å².